The first-order valence-electron chi connectivity index (χ1n) is 5.09. The van der Waals surface area contributed by atoms with Gasteiger partial charge in [-0.3, -0.25) is 0 Å². The Kier molecular flexibility index (Phi) is 2.00. The highest BCUT2D eigenvalue weighted by atomic mass is 35.5. The summed E-state index contributed by atoms with van der Waals surface area (Å²) in [4.78, 5) is 4.40. The van der Waals surface area contributed by atoms with Gasteiger partial charge in [0.1, 0.15) is 5.15 Å². The van der Waals surface area contributed by atoms with E-state index in [0.29, 0.717) is 5.15 Å². The monoisotopic (exact) mass is 215 g/mol. The van der Waals surface area contributed by atoms with Crippen LogP contribution in [0.25, 0.3) is 17.0 Å². The molecule has 0 aliphatic heterocycles. The Balaban J connectivity index is 2.41. The molecule has 1 heterocycles. The second-order valence-corrected chi connectivity index (χ2v) is 4.17. The van der Waals surface area contributed by atoms with Gasteiger partial charge in [0, 0.05) is 10.9 Å². The zero-order valence-electron chi connectivity index (χ0n) is 8.20. The molecule has 1 aliphatic rings. The van der Waals surface area contributed by atoms with Crippen molar-refractivity contribution in [3.63, 3.8) is 0 Å². The van der Waals surface area contributed by atoms with Crippen molar-refractivity contribution in [1.82, 2.24) is 4.98 Å². The minimum absolute atomic E-state index is 0.565. The van der Waals surface area contributed by atoms with Crippen molar-refractivity contribution >= 4 is 28.6 Å². The van der Waals surface area contributed by atoms with Gasteiger partial charge in [0.15, 0.2) is 0 Å². The molecular weight excluding hydrogens is 206 g/mol. The number of rotatable bonds is 0. The lowest BCUT2D eigenvalue weighted by molar-refractivity contribution is 0.988. The molecule has 1 aromatic carbocycles. The highest BCUT2D eigenvalue weighted by molar-refractivity contribution is 6.29. The van der Waals surface area contributed by atoms with E-state index in [2.05, 4.69) is 29.3 Å². The predicted octanol–water partition coefficient (Wildman–Crippen LogP) is 3.85. The molecule has 0 atom stereocenters. The Morgan fingerprint density at radius 2 is 2.00 bits per heavy atom. The third-order valence-corrected chi connectivity index (χ3v) is 3.03. The number of halogens is 1. The average molecular weight is 216 g/mol. The predicted molar refractivity (Wildman–Crippen MR) is 64.1 cm³/mol. The van der Waals surface area contributed by atoms with E-state index in [0.717, 1.165) is 23.7 Å². The molecule has 0 bridgehead atoms. The molecule has 0 fully saturated rings. The summed E-state index contributed by atoms with van der Waals surface area (Å²) in [5, 5.41) is 1.72. The van der Waals surface area contributed by atoms with Gasteiger partial charge in [-0.25, -0.2) is 4.98 Å². The summed E-state index contributed by atoms with van der Waals surface area (Å²) in [5.74, 6) is 0. The molecule has 1 aromatic heterocycles. The maximum absolute atomic E-state index is 5.93. The fourth-order valence-corrected chi connectivity index (χ4v) is 2.22. The summed E-state index contributed by atoms with van der Waals surface area (Å²) in [7, 11) is 0. The smallest absolute Gasteiger partial charge is 0.129 e. The van der Waals surface area contributed by atoms with Crippen molar-refractivity contribution < 1.29 is 0 Å². The summed E-state index contributed by atoms with van der Waals surface area (Å²) in [6.07, 6.45) is 6.59. The van der Waals surface area contributed by atoms with Crippen molar-refractivity contribution in [3.05, 3.63) is 46.6 Å². The van der Waals surface area contributed by atoms with Crippen LogP contribution >= 0.6 is 11.6 Å². The summed E-state index contributed by atoms with van der Waals surface area (Å²) in [5.41, 5.74) is 3.64. The summed E-state index contributed by atoms with van der Waals surface area (Å²) >= 11 is 5.93. The van der Waals surface area contributed by atoms with Gasteiger partial charge in [-0.2, -0.15) is 0 Å². The summed E-state index contributed by atoms with van der Waals surface area (Å²) < 4.78 is 0. The zero-order valence-corrected chi connectivity index (χ0v) is 8.96. The van der Waals surface area contributed by atoms with E-state index in [1.807, 2.05) is 12.1 Å². The van der Waals surface area contributed by atoms with E-state index in [1.165, 1.54) is 11.1 Å². The van der Waals surface area contributed by atoms with Gasteiger partial charge in [-0.15, -0.1) is 0 Å². The highest BCUT2D eigenvalue weighted by Gasteiger charge is 2.09. The van der Waals surface area contributed by atoms with E-state index >= 15 is 0 Å². The van der Waals surface area contributed by atoms with Gasteiger partial charge in [0.05, 0.1) is 5.52 Å². The highest BCUT2D eigenvalue weighted by Crippen LogP contribution is 2.27. The quantitative estimate of drug-likeness (QED) is 0.609. The molecule has 0 saturated heterocycles. The summed E-state index contributed by atoms with van der Waals surface area (Å²) in [6, 6.07) is 8.17. The van der Waals surface area contributed by atoms with E-state index < -0.39 is 0 Å². The Hall–Kier alpha value is -1.34. The maximum atomic E-state index is 5.93. The van der Waals surface area contributed by atoms with Crippen LogP contribution in [-0.4, -0.2) is 4.98 Å². The molecular formula is C13H10ClN. The lowest BCUT2D eigenvalue weighted by Gasteiger charge is -2.12. The molecule has 0 radical (unpaired) electrons. The van der Waals surface area contributed by atoms with Crippen LogP contribution < -0.4 is 0 Å². The van der Waals surface area contributed by atoms with Crippen LogP contribution in [0, 0.1) is 0 Å². The van der Waals surface area contributed by atoms with Crippen LogP contribution in [0.15, 0.2) is 30.3 Å². The van der Waals surface area contributed by atoms with E-state index in [4.69, 9.17) is 11.6 Å². The Labute approximate surface area is 93.4 Å². The third kappa shape index (κ3) is 1.44. The minimum atomic E-state index is 0.565. The van der Waals surface area contributed by atoms with Crippen molar-refractivity contribution in [2.24, 2.45) is 0 Å². The number of nitrogens with zero attached hydrogens (tertiary/aromatic N) is 1. The standard InChI is InChI=1S/C13H10ClN/c14-12-8-7-10-6-5-9-3-1-2-4-11(9)13(10)15-12/h2,4-8H,1,3H2. The second kappa shape index (κ2) is 3.35. The van der Waals surface area contributed by atoms with Gasteiger partial charge in [-0.1, -0.05) is 35.9 Å². The maximum Gasteiger partial charge on any atom is 0.129 e. The summed E-state index contributed by atoms with van der Waals surface area (Å²) in [6.45, 7) is 0. The largest absolute Gasteiger partial charge is 0.235 e. The van der Waals surface area contributed by atoms with Crippen LogP contribution in [0.5, 0.6) is 0 Å². The number of pyridine rings is 1. The third-order valence-electron chi connectivity index (χ3n) is 2.82. The van der Waals surface area contributed by atoms with Crippen molar-refractivity contribution in [2.45, 2.75) is 12.8 Å². The fourth-order valence-electron chi connectivity index (χ4n) is 2.07. The van der Waals surface area contributed by atoms with Crippen molar-refractivity contribution in [1.29, 1.82) is 0 Å². The van der Waals surface area contributed by atoms with Gasteiger partial charge in [-0.05, 0) is 30.5 Å². The number of aromatic nitrogens is 1. The van der Waals surface area contributed by atoms with Gasteiger partial charge in [0.25, 0.3) is 0 Å². The van der Waals surface area contributed by atoms with Gasteiger partial charge >= 0.3 is 0 Å². The molecule has 2 heteroatoms. The zero-order chi connectivity index (χ0) is 10.3. The Morgan fingerprint density at radius 1 is 1.13 bits per heavy atom. The van der Waals surface area contributed by atoms with Crippen LogP contribution in [0.2, 0.25) is 5.15 Å². The lowest BCUT2D eigenvalue weighted by Crippen LogP contribution is -1.96. The molecule has 0 saturated carbocycles. The molecule has 1 nitrogen and oxygen atoms in total. The molecule has 0 spiro atoms. The number of aryl methyl sites for hydroxylation is 1. The van der Waals surface area contributed by atoms with Crippen LogP contribution in [0.1, 0.15) is 17.5 Å². The number of benzene rings is 1. The molecule has 74 valence electrons. The normalized spacial score (nSPS) is 14.2. The Bertz CT molecular complexity index is 558. The van der Waals surface area contributed by atoms with Gasteiger partial charge < -0.3 is 0 Å². The first-order chi connectivity index (χ1) is 7.34. The number of allylic oxidation sites excluding steroid dienone is 1. The number of hydrogen-bond acceptors (Lipinski definition) is 1. The minimum Gasteiger partial charge on any atom is -0.235 e. The first kappa shape index (κ1) is 8.93. The number of hydrogen-bond donors (Lipinski definition) is 0. The topological polar surface area (TPSA) is 12.9 Å². The molecule has 0 amide bonds. The second-order valence-electron chi connectivity index (χ2n) is 3.79. The van der Waals surface area contributed by atoms with E-state index in [1.54, 1.807) is 0 Å². The Morgan fingerprint density at radius 3 is 2.93 bits per heavy atom. The molecule has 2 aromatic rings. The first-order valence-corrected chi connectivity index (χ1v) is 5.47. The van der Waals surface area contributed by atoms with Gasteiger partial charge in [0.2, 0.25) is 0 Å². The molecule has 1 aliphatic carbocycles. The molecule has 0 unspecified atom stereocenters. The fraction of sp³-hybridized carbons (Fsp3) is 0.154. The van der Waals surface area contributed by atoms with Crippen molar-refractivity contribution in [3.8, 4) is 0 Å². The van der Waals surface area contributed by atoms with E-state index in [9.17, 15) is 0 Å². The SMILES string of the molecule is Clc1ccc2ccc3c(c2n1)C=CCC3. The van der Waals surface area contributed by atoms with Crippen LogP contribution in [0.4, 0.5) is 0 Å². The van der Waals surface area contributed by atoms with Crippen LogP contribution in [0.3, 0.4) is 0 Å². The molecule has 15 heavy (non-hydrogen) atoms. The molecule has 0 N–H and O–H groups in total. The number of fused-ring (bicyclic) bond motifs is 3. The van der Waals surface area contributed by atoms with Crippen LogP contribution in [-0.2, 0) is 6.42 Å². The lowest BCUT2D eigenvalue weighted by atomic mass is 9.95. The molecule has 3 rings (SSSR count). The van der Waals surface area contributed by atoms with Crippen molar-refractivity contribution in [2.75, 3.05) is 0 Å². The average Bonchev–Trinajstić information content (AvgIpc) is 2.29. The van der Waals surface area contributed by atoms with E-state index in [-0.39, 0.29) is 0 Å².